The third-order valence-electron chi connectivity index (χ3n) is 6.12. The number of guanidine groups is 1. The van der Waals surface area contributed by atoms with E-state index < -0.39 is 59.6 Å². The van der Waals surface area contributed by atoms with Gasteiger partial charge in [0.05, 0.1) is 13.2 Å². The van der Waals surface area contributed by atoms with Gasteiger partial charge in [-0.05, 0) is 99.1 Å². The van der Waals surface area contributed by atoms with E-state index >= 15 is 0 Å². The lowest BCUT2D eigenvalue weighted by molar-refractivity contribution is -0.176. The normalized spacial score (nSPS) is 13.6. The van der Waals surface area contributed by atoms with Crippen molar-refractivity contribution in [1.29, 1.82) is 0 Å². The standard InChI is InChI=1S/C34H47N3O10/c1-22-11-13-23(14-12-22)19-44-33(8,9)26(39)43-21-34(10,20-38)27(40)45-25-17-15-24(16-18-25)35-28(36-29(41)46-31(2,3)4)37-30(42)47-32(5,6)7/h11-18,38H,19-21H2,1-10H3,(H2,35,36,37,41,42). The summed E-state index contributed by atoms with van der Waals surface area (Å²) in [5.74, 6) is -1.71. The van der Waals surface area contributed by atoms with Gasteiger partial charge in [-0.2, -0.15) is 0 Å². The summed E-state index contributed by atoms with van der Waals surface area (Å²) in [6.07, 6.45) is -1.81. The predicted octanol–water partition coefficient (Wildman–Crippen LogP) is 5.67. The fourth-order valence-corrected chi connectivity index (χ4v) is 3.41. The Hall–Kier alpha value is -4.49. The maximum absolute atomic E-state index is 13.0. The number of aliphatic imine (C=N–C) groups is 1. The number of carbonyl (C=O) groups excluding carboxylic acids is 4. The van der Waals surface area contributed by atoms with E-state index in [1.54, 1.807) is 55.4 Å². The largest absolute Gasteiger partial charge is 0.462 e. The number of benzene rings is 2. The summed E-state index contributed by atoms with van der Waals surface area (Å²) >= 11 is 0. The summed E-state index contributed by atoms with van der Waals surface area (Å²) in [4.78, 5) is 54.3. The Bertz CT molecular complexity index is 1420. The van der Waals surface area contributed by atoms with Crippen molar-refractivity contribution in [1.82, 2.24) is 5.32 Å². The smallest absolute Gasteiger partial charge is 0.437 e. The molecule has 13 nitrogen and oxygen atoms in total. The number of ether oxygens (including phenoxy) is 5. The number of aliphatic hydroxyl groups excluding tert-OH is 1. The van der Waals surface area contributed by atoms with Crippen molar-refractivity contribution in [2.75, 3.05) is 18.5 Å². The van der Waals surface area contributed by atoms with Gasteiger partial charge in [-0.25, -0.2) is 14.4 Å². The van der Waals surface area contributed by atoms with Crippen LogP contribution in [-0.4, -0.2) is 65.2 Å². The average molecular weight is 658 g/mol. The Kier molecular flexibility index (Phi) is 13.1. The van der Waals surface area contributed by atoms with Crippen LogP contribution in [0.15, 0.2) is 53.5 Å². The summed E-state index contributed by atoms with van der Waals surface area (Å²) in [7, 11) is 0. The molecule has 2 aromatic carbocycles. The first-order chi connectivity index (χ1) is 21.6. The molecule has 0 aliphatic heterocycles. The van der Waals surface area contributed by atoms with E-state index in [9.17, 15) is 24.3 Å². The van der Waals surface area contributed by atoms with Gasteiger partial charge in [0.25, 0.3) is 0 Å². The lowest BCUT2D eigenvalue weighted by Gasteiger charge is -2.28. The molecule has 3 N–H and O–H groups in total. The summed E-state index contributed by atoms with van der Waals surface area (Å²) < 4.78 is 27.1. The zero-order valence-corrected chi connectivity index (χ0v) is 28.8. The molecule has 2 rings (SSSR count). The van der Waals surface area contributed by atoms with Crippen molar-refractivity contribution in [3.8, 4) is 5.75 Å². The first-order valence-electron chi connectivity index (χ1n) is 15.0. The number of anilines is 1. The second kappa shape index (κ2) is 15.9. The molecule has 258 valence electrons. The highest BCUT2D eigenvalue weighted by atomic mass is 16.6. The van der Waals surface area contributed by atoms with Crippen LogP contribution in [0.3, 0.4) is 0 Å². The third-order valence-corrected chi connectivity index (χ3v) is 6.12. The van der Waals surface area contributed by atoms with Gasteiger partial charge in [0, 0.05) is 5.69 Å². The van der Waals surface area contributed by atoms with Crippen LogP contribution in [0.1, 0.15) is 73.4 Å². The molecule has 0 aliphatic carbocycles. The van der Waals surface area contributed by atoms with E-state index in [0.717, 1.165) is 11.1 Å². The van der Waals surface area contributed by atoms with E-state index in [0.29, 0.717) is 5.69 Å². The molecule has 2 aromatic rings. The maximum atomic E-state index is 13.0. The van der Waals surface area contributed by atoms with Crippen LogP contribution in [-0.2, 0) is 35.1 Å². The zero-order valence-electron chi connectivity index (χ0n) is 28.8. The highest BCUT2D eigenvalue weighted by Crippen LogP contribution is 2.24. The summed E-state index contributed by atoms with van der Waals surface area (Å²) in [5, 5.41) is 15.2. The minimum atomic E-state index is -1.58. The molecule has 1 unspecified atom stereocenters. The number of aliphatic hydroxyl groups is 1. The van der Waals surface area contributed by atoms with Crippen LogP contribution < -0.4 is 15.4 Å². The molecule has 0 heterocycles. The van der Waals surface area contributed by atoms with Gasteiger partial charge in [-0.3, -0.25) is 10.1 Å². The topological polar surface area (TPSA) is 171 Å². The number of aryl methyl sites for hydroxylation is 1. The molecule has 13 heteroatoms. The Morgan fingerprint density at radius 3 is 1.89 bits per heavy atom. The average Bonchev–Trinajstić information content (AvgIpc) is 2.94. The van der Waals surface area contributed by atoms with Crippen LogP contribution in [0.2, 0.25) is 0 Å². The lowest BCUT2D eigenvalue weighted by atomic mass is 9.93. The summed E-state index contributed by atoms with van der Waals surface area (Å²) in [6, 6.07) is 13.5. The van der Waals surface area contributed by atoms with Crippen molar-refractivity contribution >= 4 is 35.8 Å². The van der Waals surface area contributed by atoms with Crippen LogP contribution >= 0.6 is 0 Å². The van der Waals surface area contributed by atoms with Gasteiger partial charge in [0.1, 0.15) is 29.0 Å². The Morgan fingerprint density at radius 2 is 1.36 bits per heavy atom. The minimum Gasteiger partial charge on any atom is -0.462 e. The van der Waals surface area contributed by atoms with Gasteiger partial charge >= 0.3 is 24.1 Å². The maximum Gasteiger partial charge on any atom is 0.437 e. The van der Waals surface area contributed by atoms with Crippen LogP contribution in [0.25, 0.3) is 0 Å². The Balaban J connectivity index is 2.06. The van der Waals surface area contributed by atoms with E-state index in [-0.39, 0.29) is 18.3 Å². The number of hydrogen-bond donors (Lipinski definition) is 3. The number of rotatable bonds is 10. The number of nitrogens with one attached hydrogen (secondary N) is 2. The quantitative estimate of drug-likeness (QED) is 0.0946. The fourth-order valence-electron chi connectivity index (χ4n) is 3.41. The van der Waals surface area contributed by atoms with Crippen LogP contribution in [0.4, 0.5) is 15.3 Å². The monoisotopic (exact) mass is 657 g/mol. The molecule has 47 heavy (non-hydrogen) atoms. The molecular weight excluding hydrogens is 610 g/mol. The van der Waals surface area contributed by atoms with Gasteiger partial charge < -0.3 is 34.1 Å². The van der Waals surface area contributed by atoms with Crippen molar-refractivity contribution in [2.45, 2.75) is 92.6 Å². The SMILES string of the molecule is Cc1ccc(COC(C)(C)C(=O)OCC(C)(CO)C(=O)Oc2ccc(N/C(=N/C(=O)OC(C)(C)C)NC(=O)OC(C)(C)C)cc2)cc1. The molecule has 0 aromatic heterocycles. The van der Waals surface area contributed by atoms with Crippen LogP contribution in [0.5, 0.6) is 5.75 Å². The lowest BCUT2D eigenvalue weighted by Crippen LogP contribution is -2.44. The predicted molar refractivity (Wildman–Crippen MR) is 175 cm³/mol. The first-order valence-corrected chi connectivity index (χ1v) is 15.0. The van der Waals surface area contributed by atoms with Crippen molar-refractivity contribution in [3.05, 3.63) is 59.7 Å². The molecule has 0 spiro atoms. The number of hydrogen-bond acceptors (Lipinski definition) is 10. The van der Waals surface area contributed by atoms with E-state index in [4.69, 9.17) is 23.7 Å². The molecule has 1 atom stereocenters. The van der Waals surface area contributed by atoms with Crippen LogP contribution in [0, 0.1) is 12.3 Å². The van der Waals surface area contributed by atoms with Gasteiger partial charge in [-0.1, -0.05) is 29.8 Å². The van der Waals surface area contributed by atoms with Gasteiger partial charge in [0.2, 0.25) is 5.96 Å². The Labute approximate surface area is 276 Å². The molecular formula is C34H47N3O10. The van der Waals surface area contributed by atoms with E-state index in [1.165, 1.54) is 31.2 Å². The molecule has 0 saturated carbocycles. The summed E-state index contributed by atoms with van der Waals surface area (Å²) in [6.45, 7) is 15.6. The molecule has 0 saturated heterocycles. The van der Waals surface area contributed by atoms with Crippen molar-refractivity contribution in [3.63, 3.8) is 0 Å². The first kappa shape index (κ1) is 38.7. The third kappa shape index (κ3) is 13.8. The molecule has 2 amide bonds. The van der Waals surface area contributed by atoms with Gasteiger partial charge in [0.15, 0.2) is 5.60 Å². The second-order valence-corrected chi connectivity index (χ2v) is 13.7. The zero-order chi connectivity index (χ0) is 35.6. The van der Waals surface area contributed by atoms with Crippen molar-refractivity contribution in [2.24, 2.45) is 10.4 Å². The second-order valence-electron chi connectivity index (χ2n) is 13.7. The van der Waals surface area contributed by atoms with E-state index in [2.05, 4.69) is 15.6 Å². The number of carbonyl (C=O) groups is 4. The Morgan fingerprint density at radius 1 is 0.787 bits per heavy atom. The molecule has 0 bridgehead atoms. The molecule has 0 fully saturated rings. The van der Waals surface area contributed by atoms with E-state index in [1.807, 2.05) is 31.2 Å². The van der Waals surface area contributed by atoms with Crippen molar-refractivity contribution < 1.29 is 48.0 Å². The fraction of sp³-hybridized carbons (Fsp3) is 0.500. The highest BCUT2D eigenvalue weighted by Gasteiger charge is 2.39. The number of esters is 2. The molecule has 0 radical (unpaired) electrons. The minimum absolute atomic E-state index is 0.110. The highest BCUT2D eigenvalue weighted by molar-refractivity contribution is 6.06. The number of nitrogens with zero attached hydrogens (tertiary/aromatic N) is 1. The summed E-state index contributed by atoms with van der Waals surface area (Å²) in [5.41, 5.74) is -2.19. The number of amides is 2. The number of alkyl carbamates (subject to hydrolysis) is 1. The molecule has 0 aliphatic rings. The van der Waals surface area contributed by atoms with Gasteiger partial charge in [-0.15, -0.1) is 4.99 Å².